The van der Waals surface area contributed by atoms with Crippen molar-refractivity contribution in [3.05, 3.63) is 12.7 Å². The zero-order valence-corrected chi connectivity index (χ0v) is 9.63. The summed E-state index contributed by atoms with van der Waals surface area (Å²) in [5.74, 6) is 0. The lowest BCUT2D eigenvalue weighted by Gasteiger charge is -2.38. The summed E-state index contributed by atoms with van der Waals surface area (Å²) in [5, 5.41) is 3.53. The average molecular weight is 196 g/mol. The number of piperidine rings is 1. The van der Waals surface area contributed by atoms with Crippen molar-refractivity contribution >= 4 is 0 Å². The van der Waals surface area contributed by atoms with Crippen LogP contribution in [-0.2, 0) is 0 Å². The van der Waals surface area contributed by atoms with E-state index in [9.17, 15) is 0 Å². The van der Waals surface area contributed by atoms with E-state index in [0.29, 0.717) is 12.1 Å². The predicted octanol–water partition coefficient (Wildman–Crippen LogP) is 2.02. The van der Waals surface area contributed by atoms with Gasteiger partial charge in [-0.15, -0.1) is 6.58 Å². The van der Waals surface area contributed by atoms with Crippen LogP contribution < -0.4 is 5.32 Å². The maximum atomic E-state index is 3.83. The molecule has 2 heteroatoms. The smallest absolute Gasteiger partial charge is 0.0249 e. The van der Waals surface area contributed by atoms with Crippen molar-refractivity contribution in [1.82, 2.24) is 10.2 Å². The molecule has 0 amide bonds. The Morgan fingerprint density at radius 1 is 1.57 bits per heavy atom. The van der Waals surface area contributed by atoms with Crippen molar-refractivity contribution in [1.29, 1.82) is 0 Å². The summed E-state index contributed by atoms with van der Waals surface area (Å²) in [7, 11) is 0. The predicted molar refractivity (Wildman–Crippen MR) is 62.5 cm³/mol. The fraction of sp³-hybridized carbons (Fsp3) is 0.833. The summed E-state index contributed by atoms with van der Waals surface area (Å²) < 4.78 is 0. The van der Waals surface area contributed by atoms with Crippen LogP contribution in [0.4, 0.5) is 0 Å². The van der Waals surface area contributed by atoms with Gasteiger partial charge in [0.15, 0.2) is 0 Å². The highest BCUT2D eigenvalue weighted by molar-refractivity contribution is 4.88. The van der Waals surface area contributed by atoms with Gasteiger partial charge in [0.2, 0.25) is 0 Å². The van der Waals surface area contributed by atoms with Gasteiger partial charge in [0.1, 0.15) is 0 Å². The molecule has 0 aliphatic carbocycles. The number of likely N-dealkylation sites (N-methyl/N-ethyl adjacent to an activating group) is 1. The van der Waals surface area contributed by atoms with Gasteiger partial charge in [-0.05, 0) is 32.9 Å². The highest BCUT2D eigenvalue weighted by Crippen LogP contribution is 2.19. The maximum absolute atomic E-state index is 3.83. The first kappa shape index (κ1) is 11.7. The molecule has 2 nitrogen and oxygen atoms in total. The molecule has 14 heavy (non-hydrogen) atoms. The highest BCUT2D eigenvalue weighted by atomic mass is 15.2. The van der Waals surface area contributed by atoms with Crippen LogP contribution in [0, 0.1) is 0 Å². The molecule has 82 valence electrons. The molecule has 1 N–H and O–H groups in total. The van der Waals surface area contributed by atoms with Gasteiger partial charge in [-0.3, -0.25) is 4.90 Å². The second kappa shape index (κ2) is 6.20. The zero-order chi connectivity index (χ0) is 10.4. The number of hydrogen-bond acceptors (Lipinski definition) is 2. The van der Waals surface area contributed by atoms with Gasteiger partial charge in [-0.1, -0.05) is 19.4 Å². The molecule has 0 bridgehead atoms. The molecule has 1 aliphatic heterocycles. The minimum absolute atomic E-state index is 0.611. The minimum atomic E-state index is 0.611. The number of nitrogens with one attached hydrogen (secondary N) is 1. The van der Waals surface area contributed by atoms with Crippen LogP contribution in [0.15, 0.2) is 12.7 Å². The first-order valence-electron chi connectivity index (χ1n) is 5.88. The molecule has 2 unspecified atom stereocenters. The quantitative estimate of drug-likeness (QED) is 0.677. The Labute approximate surface area is 88.4 Å². The van der Waals surface area contributed by atoms with Gasteiger partial charge in [0.05, 0.1) is 0 Å². The van der Waals surface area contributed by atoms with E-state index in [-0.39, 0.29) is 0 Å². The van der Waals surface area contributed by atoms with Gasteiger partial charge in [0, 0.05) is 18.6 Å². The molecule has 1 rings (SSSR count). The van der Waals surface area contributed by atoms with E-state index in [1.165, 1.54) is 25.8 Å². The van der Waals surface area contributed by atoms with E-state index >= 15 is 0 Å². The lowest BCUT2D eigenvalue weighted by molar-refractivity contribution is 0.134. The van der Waals surface area contributed by atoms with Gasteiger partial charge >= 0.3 is 0 Å². The van der Waals surface area contributed by atoms with Crippen molar-refractivity contribution in [2.75, 3.05) is 19.6 Å². The van der Waals surface area contributed by atoms with Crippen molar-refractivity contribution in [2.45, 2.75) is 45.2 Å². The van der Waals surface area contributed by atoms with Crippen LogP contribution in [0.2, 0.25) is 0 Å². The summed E-state index contributed by atoms with van der Waals surface area (Å²) in [6.45, 7) is 11.7. The van der Waals surface area contributed by atoms with Crippen LogP contribution in [0.3, 0.4) is 0 Å². The molecule has 1 fully saturated rings. The van der Waals surface area contributed by atoms with Crippen LogP contribution in [-0.4, -0.2) is 36.6 Å². The van der Waals surface area contributed by atoms with E-state index in [1.54, 1.807) is 0 Å². The molecule has 0 aromatic carbocycles. The van der Waals surface area contributed by atoms with Crippen molar-refractivity contribution in [3.8, 4) is 0 Å². The van der Waals surface area contributed by atoms with E-state index < -0.39 is 0 Å². The van der Waals surface area contributed by atoms with Gasteiger partial charge in [-0.2, -0.15) is 0 Å². The maximum Gasteiger partial charge on any atom is 0.0249 e. The van der Waals surface area contributed by atoms with E-state index in [0.717, 1.165) is 13.1 Å². The molecule has 0 aromatic heterocycles. The number of rotatable bonds is 5. The van der Waals surface area contributed by atoms with Crippen LogP contribution in [0.25, 0.3) is 0 Å². The standard InChI is InChI=1S/C12H24N2/c1-4-9-14-10-7-6-8-12(14)11(3)13-5-2/h4,11-13H,1,5-10H2,2-3H3. The third-order valence-corrected chi connectivity index (χ3v) is 3.13. The molecule has 2 atom stereocenters. The summed E-state index contributed by atoms with van der Waals surface area (Å²) in [6, 6.07) is 1.32. The molecule has 0 aromatic rings. The normalized spacial score (nSPS) is 26.0. The van der Waals surface area contributed by atoms with Crippen molar-refractivity contribution < 1.29 is 0 Å². The van der Waals surface area contributed by atoms with Gasteiger partial charge < -0.3 is 5.32 Å². The summed E-state index contributed by atoms with van der Waals surface area (Å²) >= 11 is 0. The Kier molecular flexibility index (Phi) is 5.20. The summed E-state index contributed by atoms with van der Waals surface area (Å²) in [4.78, 5) is 2.56. The van der Waals surface area contributed by atoms with E-state index in [2.05, 4.69) is 30.6 Å². The topological polar surface area (TPSA) is 15.3 Å². The molecule has 0 saturated carbocycles. The fourth-order valence-electron chi connectivity index (χ4n) is 2.43. The second-order valence-electron chi connectivity index (χ2n) is 4.19. The molecule has 1 aliphatic rings. The fourth-order valence-corrected chi connectivity index (χ4v) is 2.43. The third kappa shape index (κ3) is 3.10. The number of likely N-dealkylation sites (tertiary alicyclic amines) is 1. The van der Waals surface area contributed by atoms with E-state index in [4.69, 9.17) is 0 Å². The van der Waals surface area contributed by atoms with Gasteiger partial charge in [-0.25, -0.2) is 0 Å². The lowest BCUT2D eigenvalue weighted by atomic mass is 9.96. The molecular weight excluding hydrogens is 172 g/mol. The lowest BCUT2D eigenvalue weighted by Crippen LogP contribution is -2.50. The first-order chi connectivity index (χ1) is 6.79. The Bertz CT molecular complexity index is 168. The molecule has 1 saturated heterocycles. The zero-order valence-electron chi connectivity index (χ0n) is 9.63. The van der Waals surface area contributed by atoms with Crippen molar-refractivity contribution in [3.63, 3.8) is 0 Å². The third-order valence-electron chi connectivity index (χ3n) is 3.13. The van der Waals surface area contributed by atoms with Crippen molar-refractivity contribution in [2.24, 2.45) is 0 Å². The summed E-state index contributed by atoms with van der Waals surface area (Å²) in [5.41, 5.74) is 0. The Balaban J connectivity index is 2.47. The largest absolute Gasteiger partial charge is 0.313 e. The molecule has 0 radical (unpaired) electrons. The minimum Gasteiger partial charge on any atom is -0.313 e. The SMILES string of the molecule is C=CCN1CCCCC1C(C)NCC. The Morgan fingerprint density at radius 3 is 3.00 bits per heavy atom. The van der Waals surface area contributed by atoms with Crippen LogP contribution in [0.1, 0.15) is 33.1 Å². The Morgan fingerprint density at radius 2 is 2.36 bits per heavy atom. The van der Waals surface area contributed by atoms with Crippen LogP contribution >= 0.6 is 0 Å². The molecular formula is C12H24N2. The molecule has 1 heterocycles. The molecule has 0 spiro atoms. The number of nitrogens with zero attached hydrogens (tertiary/aromatic N) is 1. The highest BCUT2D eigenvalue weighted by Gasteiger charge is 2.25. The summed E-state index contributed by atoms with van der Waals surface area (Å²) in [6.07, 6.45) is 6.09. The number of hydrogen-bond donors (Lipinski definition) is 1. The van der Waals surface area contributed by atoms with E-state index in [1.807, 2.05) is 6.08 Å². The Hall–Kier alpha value is -0.340. The monoisotopic (exact) mass is 196 g/mol. The first-order valence-corrected chi connectivity index (χ1v) is 5.88. The van der Waals surface area contributed by atoms with Gasteiger partial charge in [0.25, 0.3) is 0 Å². The second-order valence-corrected chi connectivity index (χ2v) is 4.19. The average Bonchev–Trinajstić information content (AvgIpc) is 2.19. The van der Waals surface area contributed by atoms with Crippen LogP contribution in [0.5, 0.6) is 0 Å².